The van der Waals surface area contributed by atoms with Gasteiger partial charge in [-0.3, -0.25) is 9.59 Å². The van der Waals surface area contributed by atoms with E-state index in [1.54, 1.807) is 0 Å². The number of alkyl halides is 5. The predicted octanol–water partition coefficient (Wildman–Crippen LogP) is 5.04. The molecule has 0 spiro atoms. The van der Waals surface area contributed by atoms with Crippen molar-refractivity contribution >= 4 is 34.3 Å². The number of halogens is 8. The first-order valence-corrected chi connectivity index (χ1v) is 13.4. The number of primary amides is 1. The summed E-state index contributed by atoms with van der Waals surface area (Å²) in [6, 6.07) is 4.27. The first-order valence-electron chi connectivity index (χ1n) is 13.0. The van der Waals surface area contributed by atoms with Crippen LogP contribution in [-0.4, -0.2) is 58.1 Å². The number of fused-ring (bicyclic) bond motifs is 1. The molecule has 4 aromatic rings. The van der Waals surface area contributed by atoms with Gasteiger partial charge in [-0.2, -0.15) is 27.1 Å². The molecular formula is C28H23ClF7N5O5. The molecule has 2 aromatic carbocycles. The topological polar surface area (TPSA) is 142 Å². The number of nitrogens with two attached hydrogens (primary N) is 1. The van der Waals surface area contributed by atoms with Crippen LogP contribution in [0.15, 0.2) is 36.5 Å². The van der Waals surface area contributed by atoms with Crippen molar-refractivity contribution in [2.45, 2.75) is 31.7 Å². The second-order valence-corrected chi connectivity index (χ2v) is 10.1. The minimum atomic E-state index is -5.57. The van der Waals surface area contributed by atoms with E-state index in [4.69, 9.17) is 26.8 Å². The summed E-state index contributed by atoms with van der Waals surface area (Å²) >= 11 is 5.69. The van der Waals surface area contributed by atoms with Crippen LogP contribution in [0.2, 0.25) is 5.02 Å². The monoisotopic (exact) mass is 677 g/mol. The molecule has 0 aliphatic carbocycles. The molecule has 0 saturated carbocycles. The highest BCUT2D eigenvalue weighted by molar-refractivity contribution is 6.31. The Morgan fingerprint density at radius 3 is 2.46 bits per heavy atom. The number of pyridine rings is 1. The van der Waals surface area contributed by atoms with Crippen LogP contribution < -0.4 is 20.5 Å². The van der Waals surface area contributed by atoms with Crippen LogP contribution in [0.1, 0.15) is 35.1 Å². The largest absolute Gasteiger partial charge is 0.494 e. The van der Waals surface area contributed by atoms with Crippen molar-refractivity contribution in [1.82, 2.24) is 20.1 Å². The van der Waals surface area contributed by atoms with Gasteiger partial charge in [0.1, 0.15) is 33.5 Å². The number of nitrogens with zero attached hydrogens (tertiary/aromatic N) is 3. The number of carbonyl (C=O) groups excluding carboxylic acids is 2. The summed E-state index contributed by atoms with van der Waals surface area (Å²) in [6.45, 7) is -3.32. The minimum absolute atomic E-state index is 0.00946. The van der Waals surface area contributed by atoms with Gasteiger partial charge in [-0.15, -0.1) is 0 Å². The van der Waals surface area contributed by atoms with Crippen LogP contribution >= 0.6 is 11.6 Å². The van der Waals surface area contributed by atoms with E-state index in [1.807, 2.05) is 5.32 Å². The van der Waals surface area contributed by atoms with Crippen LogP contribution in [0, 0.1) is 11.6 Å². The number of methoxy groups -OCH3 is 1. The fourth-order valence-corrected chi connectivity index (χ4v) is 4.63. The highest BCUT2D eigenvalue weighted by atomic mass is 35.5. The zero-order valence-corrected chi connectivity index (χ0v) is 24.4. The lowest BCUT2D eigenvalue weighted by atomic mass is 9.93. The lowest BCUT2D eigenvalue weighted by molar-refractivity contribution is -0.265. The van der Waals surface area contributed by atoms with Crippen molar-refractivity contribution in [2.75, 3.05) is 20.3 Å². The normalized spacial score (nSPS) is 13.1. The van der Waals surface area contributed by atoms with Gasteiger partial charge in [0.05, 0.1) is 32.4 Å². The van der Waals surface area contributed by atoms with Gasteiger partial charge in [0, 0.05) is 28.3 Å². The Labute approximate surface area is 259 Å². The second-order valence-electron chi connectivity index (χ2n) is 9.69. The Bertz CT molecular complexity index is 1820. The van der Waals surface area contributed by atoms with Gasteiger partial charge in [-0.05, 0) is 37.3 Å². The molecule has 2 aromatic heterocycles. The summed E-state index contributed by atoms with van der Waals surface area (Å²) in [4.78, 5) is 28.7. The number of hydrogen-bond acceptors (Lipinski definition) is 7. The van der Waals surface area contributed by atoms with E-state index in [2.05, 4.69) is 10.1 Å². The average Bonchev–Trinajstić information content (AvgIpc) is 3.43. The standard InChI is InChI=1S/C28H23ClF7N5O5/c1-3-46-24-12(9-19(37)42)8-18(39-23(24)15-4-5-16(30)20(29)21(15)31)27(44,28(34,35)36)11-38-25(43)13-6-14-10-41(26(32)33)40-22(14)17(7-13)45-2/h4-8,10,26,44H,3,9,11H2,1-2H3,(H2,37,42)(H,38,43)/t27-/m0/s1. The smallest absolute Gasteiger partial charge is 0.424 e. The molecule has 1 atom stereocenters. The summed E-state index contributed by atoms with van der Waals surface area (Å²) < 4.78 is 110. The number of hydrogen-bond donors (Lipinski definition) is 3. The van der Waals surface area contributed by atoms with E-state index in [0.717, 1.165) is 31.5 Å². The Morgan fingerprint density at radius 1 is 1.17 bits per heavy atom. The van der Waals surface area contributed by atoms with Crippen LogP contribution in [0.25, 0.3) is 22.2 Å². The highest BCUT2D eigenvalue weighted by Gasteiger charge is 2.57. The zero-order chi connectivity index (χ0) is 34.1. The summed E-state index contributed by atoms with van der Waals surface area (Å²) in [7, 11) is 1.15. The first-order chi connectivity index (χ1) is 21.5. The van der Waals surface area contributed by atoms with E-state index in [0.29, 0.717) is 12.1 Å². The average molecular weight is 678 g/mol. The second kappa shape index (κ2) is 13.0. The first kappa shape index (κ1) is 34.2. The van der Waals surface area contributed by atoms with Crippen molar-refractivity contribution in [3.63, 3.8) is 0 Å². The Hall–Kier alpha value is -4.64. The lowest BCUT2D eigenvalue weighted by Crippen LogP contribution is -2.51. The maximum Gasteiger partial charge on any atom is 0.424 e. The fraction of sp³-hybridized carbons (Fsp3) is 0.286. The molecule has 4 N–H and O–H groups in total. The van der Waals surface area contributed by atoms with Gasteiger partial charge in [-0.25, -0.2) is 18.4 Å². The molecule has 0 saturated heterocycles. The third-order valence-corrected chi connectivity index (χ3v) is 7.01. The Balaban J connectivity index is 1.84. The van der Waals surface area contributed by atoms with Crippen LogP contribution in [0.5, 0.6) is 11.5 Å². The molecule has 0 aliphatic rings. The number of aliphatic hydroxyl groups is 1. The maximum absolute atomic E-state index is 15.1. The van der Waals surface area contributed by atoms with Gasteiger partial charge >= 0.3 is 12.7 Å². The van der Waals surface area contributed by atoms with E-state index >= 15 is 4.39 Å². The van der Waals surface area contributed by atoms with Gasteiger partial charge < -0.3 is 25.6 Å². The van der Waals surface area contributed by atoms with Crippen molar-refractivity contribution in [3.05, 3.63) is 70.0 Å². The van der Waals surface area contributed by atoms with Crippen LogP contribution in [-0.2, 0) is 16.8 Å². The third-order valence-electron chi connectivity index (χ3n) is 6.66. The number of nitrogens with one attached hydrogen (secondary N) is 1. The maximum atomic E-state index is 15.1. The van der Waals surface area contributed by atoms with Crippen LogP contribution in [0.4, 0.5) is 30.7 Å². The molecule has 2 heterocycles. The van der Waals surface area contributed by atoms with Crippen LogP contribution in [0.3, 0.4) is 0 Å². The molecule has 4 rings (SSSR count). The van der Waals surface area contributed by atoms with Gasteiger partial charge in [0.15, 0.2) is 5.82 Å². The third kappa shape index (κ3) is 6.50. The molecular weight excluding hydrogens is 655 g/mol. The van der Waals surface area contributed by atoms with Gasteiger partial charge in [0.2, 0.25) is 11.5 Å². The van der Waals surface area contributed by atoms with E-state index < -0.39 is 82.5 Å². The number of ether oxygens (including phenoxy) is 2. The van der Waals surface area contributed by atoms with Gasteiger partial charge in [-0.1, -0.05) is 11.6 Å². The van der Waals surface area contributed by atoms with Crippen molar-refractivity contribution < 1.29 is 54.9 Å². The number of carbonyl (C=O) groups is 2. The SMILES string of the molecule is CCOc1c(CC(N)=O)cc([C@@](O)(CNC(=O)c2cc(OC)c3nn(C(F)F)cc3c2)C(F)(F)F)nc1-c1ccc(F)c(Cl)c1F. The molecule has 0 bridgehead atoms. The number of amides is 2. The predicted molar refractivity (Wildman–Crippen MR) is 148 cm³/mol. The van der Waals surface area contributed by atoms with Crippen molar-refractivity contribution in [2.24, 2.45) is 5.73 Å². The minimum Gasteiger partial charge on any atom is -0.494 e. The summed E-state index contributed by atoms with van der Waals surface area (Å²) in [5.41, 5.74) is -2.02. The Kier molecular flexibility index (Phi) is 9.67. The lowest BCUT2D eigenvalue weighted by Gasteiger charge is -2.31. The molecule has 0 fully saturated rings. The van der Waals surface area contributed by atoms with E-state index in [1.165, 1.54) is 6.92 Å². The number of aromatic nitrogens is 3. The summed E-state index contributed by atoms with van der Waals surface area (Å²) in [5, 5.41) is 15.7. The van der Waals surface area contributed by atoms with E-state index in [9.17, 15) is 41.0 Å². The summed E-state index contributed by atoms with van der Waals surface area (Å²) in [6.07, 6.45) is -5.45. The molecule has 10 nitrogen and oxygen atoms in total. The zero-order valence-electron chi connectivity index (χ0n) is 23.7. The Morgan fingerprint density at radius 2 is 1.87 bits per heavy atom. The fourth-order valence-electron chi connectivity index (χ4n) is 4.47. The molecule has 0 aliphatic heterocycles. The molecule has 46 heavy (non-hydrogen) atoms. The van der Waals surface area contributed by atoms with Gasteiger partial charge in [0.25, 0.3) is 5.91 Å². The van der Waals surface area contributed by atoms with Crippen molar-refractivity contribution in [1.29, 1.82) is 0 Å². The quantitative estimate of drug-likeness (QED) is 0.149. The molecule has 246 valence electrons. The number of benzene rings is 2. The van der Waals surface area contributed by atoms with Crippen molar-refractivity contribution in [3.8, 4) is 22.8 Å². The highest BCUT2D eigenvalue weighted by Crippen LogP contribution is 2.43. The molecule has 0 unspecified atom stereocenters. The molecule has 2 amide bonds. The molecule has 0 radical (unpaired) electrons. The number of rotatable bonds is 11. The molecule has 18 heteroatoms. The summed E-state index contributed by atoms with van der Waals surface area (Å²) in [5.74, 6) is -5.43. The van der Waals surface area contributed by atoms with E-state index in [-0.39, 0.29) is 39.1 Å².